The quantitative estimate of drug-likeness (QED) is 0.336. The predicted molar refractivity (Wildman–Crippen MR) is 103 cm³/mol. The minimum absolute atomic E-state index is 0.231. The van der Waals surface area contributed by atoms with Gasteiger partial charge in [-0.3, -0.25) is 4.58 Å². The Balaban J connectivity index is 0.000000480. The second-order valence-electron chi connectivity index (χ2n) is 7.72. The Hall–Kier alpha value is -1.34. The number of aliphatic hydroxyl groups excluding tert-OH is 1. The van der Waals surface area contributed by atoms with Gasteiger partial charge in [0.15, 0.2) is 0 Å². The Morgan fingerprint density at radius 3 is 1.89 bits per heavy atom. The van der Waals surface area contributed by atoms with Crippen LogP contribution in [0.2, 0.25) is 0 Å². The van der Waals surface area contributed by atoms with Crippen molar-refractivity contribution < 1.29 is 34.9 Å². The van der Waals surface area contributed by atoms with E-state index in [4.69, 9.17) is 0 Å². The van der Waals surface area contributed by atoms with Crippen LogP contribution in [-0.2, 0) is 0 Å². The summed E-state index contributed by atoms with van der Waals surface area (Å²) in [7, 11) is -10.7. The van der Waals surface area contributed by atoms with E-state index in [1.807, 2.05) is 0 Å². The van der Waals surface area contributed by atoms with E-state index in [0.717, 1.165) is 19.5 Å². The van der Waals surface area contributed by atoms with Gasteiger partial charge in [0, 0.05) is 0 Å². The molecule has 0 saturated heterocycles. The molecule has 1 aromatic carbocycles. The van der Waals surface area contributed by atoms with Crippen molar-refractivity contribution in [3.8, 4) is 0 Å². The van der Waals surface area contributed by atoms with Crippen LogP contribution < -0.4 is 4.90 Å². The molecule has 0 unspecified atom stereocenters. The molecule has 1 aliphatic heterocycles. The van der Waals surface area contributed by atoms with Crippen LogP contribution in [-0.4, -0.2) is 41.8 Å². The summed E-state index contributed by atoms with van der Waals surface area (Å²) < 4.78 is 61.5. The molecule has 1 atom stereocenters. The molecule has 0 aromatic heterocycles. The number of rotatable bonds is 5. The first-order chi connectivity index (χ1) is 12.4. The Morgan fingerprint density at radius 2 is 1.50 bits per heavy atom. The van der Waals surface area contributed by atoms with Crippen molar-refractivity contribution in [3.05, 3.63) is 28.8 Å². The second-order valence-corrected chi connectivity index (χ2v) is 9.63. The first-order valence-electron chi connectivity index (χ1n) is 9.00. The van der Waals surface area contributed by atoms with Gasteiger partial charge in [0.1, 0.15) is 24.8 Å². The average molecular weight is 434 g/mol. The van der Waals surface area contributed by atoms with Gasteiger partial charge in [-0.05, 0) is 44.2 Å². The van der Waals surface area contributed by atoms with Crippen molar-refractivity contribution in [2.45, 2.75) is 47.1 Å². The Kier molecular flexibility index (Phi) is 6.90. The molecule has 1 aliphatic rings. The molecule has 164 valence electrons. The van der Waals surface area contributed by atoms with Gasteiger partial charge < -0.3 is 5.11 Å². The van der Waals surface area contributed by atoms with Crippen LogP contribution in [0.3, 0.4) is 0 Å². The van der Waals surface area contributed by atoms with Crippen LogP contribution in [0.25, 0.3) is 0 Å². The van der Waals surface area contributed by atoms with Gasteiger partial charge in [0.2, 0.25) is 6.34 Å². The van der Waals surface area contributed by atoms with E-state index < -0.39 is 7.81 Å². The van der Waals surface area contributed by atoms with Crippen LogP contribution in [0.15, 0.2) is 12.1 Å². The molecule has 10 heteroatoms. The number of hydrogen-bond donors (Lipinski definition) is 1. The van der Waals surface area contributed by atoms with Gasteiger partial charge in [0.05, 0.1) is 6.61 Å². The van der Waals surface area contributed by atoms with Crippen LogP contribution in [0, 0.1) is 26.7 Å². The molecule has 0 bridgehead atoms. The first-order valence-corrected chi connectivity index (χ1v) is 11.0. The molecule has 3 nitrogen and oxygen atoms in total. The number of aliphatic hydroxyl groups is 1. The van der Waals surface area contributed by atoms with E-state index >= 15 is 0 Å². The maximum atomic E-state index is 9.87. The number of halogens is 6. The number of anilines is 1. The van der Waals surface area contributed by atoms with Crippen molar-refractivity contribution in [3.63, 3.8) is 0 Å². The van der Waals surface area contributed by atoms with E-state index in [1.165, 1.54) is 22.4 Å². The standard InChI is InChI=1S/C18H29N2O.F6P/c1-13(2)8-17(11-21)19-6-7-20(12-19)18-15(4)9-14(3)10-16(18)5;1-7(2,3,4,5)6/h9-10,12-13,17,21H,6-8,11H2,1-5H3;/q+1;-1/t17-;/m0./s1. The fraction of sp³-hybridized carbons (Fsp3) is 0.611. The predicted octanol–water partition coefficient (Wildman–Crippen LogP) is 6.26. The molecule has 0 fully saturated rings. The molecule has 0 saturated carbocycles. The third-order valence-electron chi connectivity index (χ3n) is 4.23. The molecular weight excluding hydrogens is 405 g/mol. The summed E-state index contributed by atoms with van der Waals surface area (Å²) in [4.78, 5) is 2.34. The molecule has 28 heavy (non-hydrogen) atoms. The van der Waals surface area contributed by atoms with Gasteiger partial charge >= 0.3 is 33.0 Å². The second kappa shape index (κ2) is 7.82. The summed E-state index contributed by atoms with van der Waals surface area (Å²) in [6.07, 6.45) is 3.24. The van der Waals surface area contributed by atoms with E-state index in [9.17, 15) is 30.3 Å². The fourth-order valence-electron chi connectivity index (χ4n) is 3.45. The molecule has 0 amide bonds. The summed E-state index contributed by atoms with van der Waals surface area (Å²) in [5, 5.41) is 9.66. The van der Waals surface area contributed by atoms with Gasteiger partial charge in [-0.25, -0.2) is 4.90 Å². The van der Waals surface area contributed by atoms with Gasteiger partial charge in [-0.2, -0.15) is 0 Å². The number of aryl methyl sites for hydroxylation is 3. The normalized spacial score (nSPS) is 18.2. The van der Waals surface area contributed by atoms with Crippen molar-refractivity contribution in [1.82, 2.24) is 0 Å². The van der Waals surface area contributed by atoms with E-state index in [0.29, 0.717) is 5.92 Å². The summed E-state index contributed by atoms with van der Waals surface area (Å²) >= 11 is 0. The number of hydrogen-bond acceptors (Lipinski definition) is 2. The van der Waals surface area contributed by atoms with E-state index in [-0.39, 0.29) is 12.6 Å². The first kappa shape index (κ1) is 24.7. The molecule has 0 spiro atoms. The third-order valence-corrected chi connectivity index (χ3v) is 4.23. The zero-order chi connectivity index (χ0) is 22.0. The van der Waals surface area contributed by atoms with Crippen molar-refractivity contribution in [2.75, 3.05) is 24.6 Å². The molecule has 1 heterocycles. The Bertz CT molecular complexity index is 697. The molecule has 2 rings (SSSR count). The maximum absolute atomic E-state index is 10.7. The van der Waals surface area contributed by atoms with Gasteiger partial charge in [-0.15, -0.1) is 0 Å². The van der Waals surface area contributed by atoms with E-state index in [1.54, 1.807) is 0 Å². The van der Waals surface area contributed by atoms with Crippen molar-refractivity contribution >= 4 is 19.8 Å². The monoisotopic (exact) mass is 434 g/mol. The number of nitrogens with zero attached hydrogens (tertiary/aromatic N) is 2. The molecular formula is C18H29F6N2OP. The van der Waals surface area contributed by atoms with Crippen molar-refractivity contribution in [1.29, 1.82) is 0 Å². The van der Waals surface area contributed by atoms with Crippen LogP contribution in [0.5, 0.6) is 0 Å². The molecule has 1 aromatic rings. The molecule has 0 radical (unpaired) electrons. The SMILES string of the molecule is Cc1cc(C)c(N2C=[N+]([C@H](CO)CC(C)C)CC2)c(C)c1.F[P-](F)(F)(F)(F)F. The van der Waals surface area contributed by atoms with Gasteiger partial charge in [0.25, 0.3) is 0 Å². The third kappa shape index (κ3) is 9.73. The topological polar surface area (TPSA) is 26.5 Å². The minimum atomic E-state index is -10.7. The number of benzene rings is 1. The molecule has 1 N–H and O–H groups in total. The van der Waals surface area contributed by atoms with Crippen LogP contribution >= 0.6 is 7.81 Å². The van der Waals surface area contributed by atoms with E-state index in [2.05, 4.69) is 62.6 Å². The summed E-state index contributed by atoms with van der Waals surface area (Å²) in [6, 6.07) is 4.73. The molecule has 0 aliphatic carbocycles. The Labute approximate surface area is 161 Å². The summed E-state index contributed by atoms with van der Waals surface area (Å²) in [5.74, 6) is 0.604. The fourth-order valence-corrected chi connectivity index (χ4v) is 3.45. The van der Waals surface area contributed by atoms with Crippen LogP contribution in [0.4, 0.5) is 30.9 Å². The summed E-state index contributed by atoms with van der Waals surface area (Å²) in [6.45, 7) is 13.2. The van der Waals surface area contributed by atoms with Gasteiger partial charge in [-0.1, -0.05) is 31.5 Å². The van der Waals surface area contributed by atoms with Crippen LogP contribution in [0.1, 0.15) is 37.0 Å². The zero-order valence-corrected chi connectivity index (χ0v) is 17.7. The zero-order valence-electron chi connectivity index (χ0n) is 16.8. The average Bonchev–Trinajstić information content (AvgIpc) is 2.89. The Morgan fingerprint density at radius 1 is 1.04 bits per heavy atom. The van der Waals surface area contributed by atoms with Crippen molar-refractivity contribution in [2.24, 2.45) is 5.92 Å². The summed E-state index contributed by atoms with van der Waals surface area (Å²) in [5.41, 5.74) is 5.30.